The predicted molar refractivity (Wildman–Crippen MR) is 103 cm³/mol. The molecule has 2 aliphatic carbocycles. The van der Waals surface area contributed by atoms with Crippen molar-refractivity contribution in [3.05, 3.63) is 64.2 Å². The maximum absolute atomic E-state index is 2.53. The van der Waals surface area contributed by atoms with Gasteiger partial charge in [0.05, 0.1) is 0 Å². The van der Waals surface area contributed by atoms with Gasteiger partial charge in [0, 0.05) is 0 Å². The molecule has 0 radical (unpaired) electrons. The molecule has 23 heavy (non-hydrogen) atoms. The van der Waals surface area contributed by atoms with Crippen LogP contribution in [0.3, 0.4) is 0 Å². The lowest BCUT2D eigenvalue weighted by Crippen LogP contribution is -2.19. The quantitative estimate of drug-likeness (QED) is 0.586. The minimum absolute atomic E-state index is 1.10. The van der Waals surface area contributed by atoms with Gasteiger partial charge in [-0.3, -0.25) is 0 Å². The van der Waals surface area contributed by atoms with E-state index >= 15 is 0 Å². The molecule has 1 heterocycles. The van der Waals surface area contributed by atoms with Crippen LogP contribution in [0.25, 0.3) is 16.7 Å². The largest absolute Gasteiger partial charge is 0.113 e. The van der Waals surface area contributed by atoms with Gasteiger partial charge in [0.2, 0.25) is 0 Å². The molecular weight excluding hydrogens is 292 g/mol. The molecule has 0 saturated carbocycles. The van der Waals surface area contributed by atoms with Gasteiger partial charge in [-0.2, -0.15) is 0 Å². The molecule has 2 aromatic carbocycles. The normalized spacial score (nSPS) is 18.5. The van der Waals surface area contributed by atoms with Gasteiger partial charge in [-0.1, -0.05) is 60.3 Å². The second-order valence-corrected chi connectivity index (χ2v) is 12.1. The molecule has 0 atom stereocenters. The van der Waals surface area contributed by atoms with Crippen LogP contribution in [0.5, 0.6) is 0 Å². The van der Waals surface area contributed by atoms with Crippen LogP contribution in [0.15, 0.2) is 36.4 Å². The topological polar surface area (TPSA) is 0 Å². The summed E-state index contributed by atoms with van der Waals surface area (Å²) in [5.74, 6) is 0. The highest BCUT2D eigenvalue weighted by molar-refractivity contribution is 7.17. The van der Waals surface area contributed by atoms with Crippen molar-refractivity contribution in [2.45, 2.75) is 39.8 Å². The van der Waals surface area contributed by atoms with Crippen LogP contribution in [-0.4, -0.2) is 8.07 Å². The van der Waals surface area contributed by atoms with Gasteiger partial charge in [0.1, 0.15) is 8.07 Å². The van der Waals surface area contributed by atoms with E-state index in [2.05, 4.69) is 63.4 Å². The minimum Gasteiger partial charge on any atom is -0.0801 e. The number of benzene rings is 2. The van der Waals surface area contributed by atoms with Crippen LogP contribution < -0.4 is 10.4 Å². The molecule has 0 fully saturated rings. The summed E-state index contributed by atoms with van der Waals surface area (Å²) in [6, 6.07) is 7.06. The predicted octanol–water partition coefficient (Wildman–Crippen LogP) is 4.35. The molecule has 1 aliphatic heterocycles. The highest BCUT2D eigenvalue weighted by Gasteiger charge is 2.50. The molecule has 0 unspecified atom stereocenters. The van der Waals surface area contributed by atoms with E-state index in [0.29, 0.717) is 0 Å². The molecule has 1 heteroatoms. The Bertz CT molecular complexity index is 955. The summed E-state index contributed by atoms with van der Waals surface area (Å²) in [6.07, 6.45) is 9.07. The molecule has 3 aliphatic rings. The summed E-state index contributed by atoms with van der Waals surface area (Å²) in [6.45, 7) is 9.65. The Morgan fingerprint density at radius 3 is 2.57 bits per heavy atom. The van der Waals surface area contributed by atoms with Crippen molar-refractivity contribution in [1.29, 1.82) is 0 Å². The zero-order chi connectivity index (χ0) is 15.9. The third kappa shape index (κ3) is 1.61. The van der Waals surface area contributed by atoms with Crippen molar-refractivity contribution in [2.24, 2.45) is 0 Å². The standard InChI is InChI=1S/C22H22Si/c1-13-9-10-17-16(11-13)12-18-19(15-7-5-6-8-15)14(2)21-22(20(17)18)23(21,3)4/h5-7,9-11H,8,12H2,1-4H3. The molecule has 0 bridgehead atoms. The van der Waals surface area contributed by atoms with E-state index in [1.54, 1.807) is 32.6 Å². The average Bonchev–Trinajstić information content (AvgIpc) is 2.91. The number of hydrogen-bond donors (Lipinski definition) is 0. The summed E-state index contributed by atoms with van der Waals surface area (Å²) < 4.78 is 0. The highest BCUT2D eigenvalue weighted by atomic mass is 28.3. The van der Waals surface area contributed by atoms with E-state index in [0.717, 1.165) is 12.8 Å². The lowest BCUT2D eigenvalue weighted by molar-refractivity contribution is 1.22. The molecule has 0 N–H and O–H groups in total. The number of rotatable bonds is 1. The lowest BCUT2D eigenvalue weighted by atomic mass is 9.91. The molecule has 0 spiro atoms. The maximum Gasteiger partial charge on any atom is 0.113 e. The lowest BCUT2D eigenvalue weighted by Gasteiger charge is -2.13. The third-order valence-corrected chi connectivity index (χ3v) is 9.41. The van der Waals surface area contributed by atoms with E-state index in [-0.39, 0.29) is 0 Å². The van der Waals surface area contributed by atoms with Gasteiger partial charge in [-0.05, 0) is 70.8 Å². The molecule has 114 valence electrons. The first-order valence-electron chi connectivity index (χ1n) is 8.66. The maximum atomic E-state index is 2.53. The van der Waals surface area contributed by atoms with Crippen molar-refractivity contribution in [2.75, 3.05) is 0 Å². The van der Waals surface area contributed by atoms with Gasteiger partial charge in [0.15, 0.2) is 0 Å². The second-order valence-electron chi connectivity index (χ2n) is 7.89. The first kappa shape index (κ1) is 13.6. The average molecular weight is 315 g/mol. The Hall–Kier alpha value is -1.86. The number of hydrogen-bond acceptors (Lipinski definition) is 0. The van der Waals surface area contributed by atoms with Crippen molar-refractivity contribution in [3.8, 4) is 11.1 Å². The first-order valence-corrected chi connectivity index (χ1v) is 11.7. The Kier molecular flexibility index (Phi) is 2.45. The molecule has 0 aromatic heterocycles. The Labute approximate surface area is 139 Å². The van der Waals surface area contributed by atoms with E-state index in [4.69, 9.17) is 0 Å². The van der Waals surface area contributed by atoms with Crippen LogP contribution in [0, 0.1) is 13.8 Å². The fraction of sp³-hybridized carbons (Fsp3) is 0.273. The van der Waals surface area contributed by atoms with Gasteiger partial charge in [-0.15, -0.1) is 0 Å². The molecule has 0 saturated heterocycles. The Balaban J connectivity index is 1.85. The molecular formula is C22H22Si. The van der Waals surface area contributed by atoms with E-state index < -0.39 is 8.07 Å². The van der Waals surface area contributed by atoms with Gasteiger partial charge in [-0.25, -0.2) is 0 Å². The van der Waals surface area contributed by atoms with Crippen molar-refractivity contribution in [3.63, 3.8) is 0 Å². The number of fused-ring (bicyclic) bond motifs is 5. The van der Waals surface area contributed by atoms with Gasteiger partial charge in [0.25, 0.3) is 0 Å². The summed E-state index contributed by atoms with van der Waals surface area (Å²) in [5.41, 5.74) is 12.4. The van der Waals surface area contributed by atoms with Crippen LogP contribution in [-0.2, 0) is 6.42 Å². The SMILES string of the molecule is Cc1ccc2c(c1)Cc1c(C3=CC=CC3)c(C)c3c(c1-2)[Si]3(C)C. The van der Waals surface area contributed by atoms with Crippen LogP contribution in [0.2, 0.25) is 13.1 Å². The highest BCUT2D eigenvalue weighted by Crippen LogP contribution is 2.45. The summed E-state index contributed by atoms with van der Waals surface area (Å²) in [7, 11) is -1.31. The minimum atomic E-state index is -1.31. The number of allylic oxidation sites excluding steroid dienone is 4. The summed E-state index contributed by atoms with van der Waals surface area (Å²) in [5, 5.41) is 3.50. The number of aryl methyl sites for hydroxylation is 1. The Morgan fingerprint density at radius 1 is 1.00 bits per heavy atom. The molecule has 5 rings (SSSR count). The van der Waals surface area contributed by atoms with Crippen LogP contribution in [0.1, 0.15) is 34.2 Å². The van der Waals surface area contributed by atoms with E-state index in [1.807, 2.05) is 0 Å². The monoisotopic (exact) mass is 314 g/mol. The second kappa shape index (κ2) is 4.15. The zero-order valence-electron chi connectivity index (χ0n) is 14.4. The zero-order valence-corrected chi connectivity index (χ0v) is 15.4. The fourth-order valence-corrected chi connectivity index (χ4v) is 9.01. The first-order chi connectivity index (χ1) is 11.0. The fourth-order valence-electron chi connectivity index (χ4n) is 5.03. The van der Waals surface area contributed by atoms with Gasteiger partial charge < -0.3 is 0 Å². The molecule has 2 aromatic rings. The van der Waals surface area contributed by atoms with Crippen LogP contribution in [0.4, 0.5) is 0 Å². The Morgan fingerprint density at radius 2 is 1.83 bits per heavy atom. The van der Waals surface area contributed by atoms with Crippen molar-refractivity contribution in [1.82, 2.24) is 0 Å². The van der Waals surface area contributed by atoms with Crippen molar-refractivity contribution < 1.29 is 0 Å². The van der Waals surface area contributed by atoms with E-state index in [9.17, 15) is 0 Å². The molecule has 0 nitrogen and oxygen atoms in total. The third-order valence-electron chi connectivity index (χ3n) is 6.03. The van der Waals surface area contributed by atoms with Crippen LogP contribution >= 0.6 is 0 Å². The van der Waals surface area contributed by atoms with Gasteiger partial charge >= 0.3 is 0 Å². The molecule has 0 amide bonds. The summed E-state index contributed by atoms with van der Waals surface area (Å²) in [4.78, 5) is 0. The van der Waals surface area contributed by atoms with E-state index in [1.165, 1.54) is 22.3 Å². The van der Waals surface area contributed by atoms with Crippen molar-refractivity contribution >= 4 is 24.0 Å². The smallest absolute Gasteiger partial charge is 0.0801 e. The summed E-state index contributed by atoms with van der Waals surface area (Å²) >= 11 is 0.